The minimum absolute atomic E-state index is 0.0997. The molecule has 0 saturated carbocycles. The third kappa shape index (κ3) is 4.85. The summed E-state index contributed by atoms with van der Waals surface area (Å²) >= 11 is 0. The van der Waals surface area contributed by atoms with Crippen molar-refractivity contribution in [2.45, 2.75) is 19.4 Å². The van der Waals surface area contributed by atoms with E-state index in [2.05, 4.69) is 16.0 Å². The molecule has 0 heterocycles. The maximum atomic E-state index is 12.2. The lowest BCUT2D eigenvalue weighted by atomic mass is 10.1. The molecule has 0 spiro atoms. The van der Waals surface area contributed by atoms with Gasteiger partial charge in [-0.15, -0.1) is 0 Å². The Morgan fingerprint density at radius 3 is 2.35 bits per heavy atom. The highest BCUT2D eigenvalue weighted by Crippen LogP contribution is 2.16. The maximum absolute atomic E-state index is 12.2. The number of benzene rings is 2. The minimum atomic E-state index is -0.300. The number of hydrogen-bond acceptors (Lipinski definition) is 2. The van der Waals surface area contributed by atoms with Gasteiger partial charge in [-0.1, -0.05) is 48.5 Å². The van der Waals surface area contributed by atoms with Crippen LogP contribution in [0.25, 0.3) is 0 Å². The van der Waals surface area contributed by atoms with Crippen molar-refractivity contribution in [2.24, 2.45) is 0 Å². The van der Waals surface area contributed by atoms with Gasteiger partial charge in [0.25, 0.3) is 0 Å². The Kier molecular flexibility index (Phi) is 5.74. The monoisotopic (exact) mass is 311 g/mol. The third-order valence-electron chi connectivity index (χ3n) is 3.54. The Morgan fingerprint density at radius 2 is 1.65 bits per heavy atom. The van der Waals surface area contributed by atoms with Crippen molar-refractivity contribution in [3.8, 4) is 0 Å². The van der Waals surface area contributed by atoms with Crippen LogP contribution in [0.2, 0.25) is 0 Å². The first-order chi connectivity index (χ1) is 11.1. The molecule has 5 heteroatoms. The van der Waals surface area contributed by atoms with E-state index in [1.807, 2.05) is 55.5 Å². The highest BCUT2D eigenvalue weighted by Gasteiger charge is 2.12. The van der Waals surface area contributed by atoms with E-state index < -0.39 is 0 Å². The fraction of sp³-hybridized carbons (Fsp3) is 0.222. The van der Waals surface area contributed by atoms with E-state index >= 15 is 0 Å². The van der Waals surface area contributed by atoms with Crippen molar-refractivity contribution >= 4 is 17.6 Å². The van der Waals surface area contributed by atoms with Crippen molar-refractivity contribution in [1.29, 1.82) is 0 Å². The number of para-hydroxylation sites is 1. The number of rotatable bonds is 5. The molecule has 3 N–H and O–H groups in total. The summed E-state index contributed by atoms with van der Waals surface area (Å²) in [5.74, 6) is -0.0997. The van der Waals surface area contributed by atoms with E-state index in [1.165, 1.54) is 0 Å². The summed E-state index contributed by atoms with van der Waals surface area (Å²) in [5, 5.41) is 8.28. The lowest BCUT2D eigenvalue weighted by molar-refractivity contribution is -0.119. The molecule has 0 saturated heterocycles. The summed E-state index contributed by atoms with van der Waals surface area (Å²) in [5.41, 5.74) is 2.43. The van der Waals surface area contributed by atoms with Crippen LogP contribution in [-0.2, 0) is 11.2 Å². The first-order valence-electron chi connectivity index (χ1n) is 7.51. The number of carbonyl (C=O) groups is 2. The zero-order chi connectivity index (χ0) is 16.7. The first-order valence-corrected chi connectivity index (χ1v) is 7.51. The molecule has 2 aromatic carbocycles. The van der Waals surface area contributed by atoms with Gasteiger partial charge in [-0.05, 0) is 24.1 Å². The maximum Gasteiger partial charge on any atom is 0.319 e. The third-order valence-corrected chi connectivity index (χ3v) is 3.54. The molecule has 0 aliphatic carbocycles. The van der Waals surface area contributed by atoms with E-state index in [0.717, 1.165) is 11.1 Å². The number of likely N-dealkylation sites (N-methyl/N-ethyl adjacent to an activating group) is 1. The summed E-state index contributed by atoms with van der Waals surface area (Å²) in [6, 6.07) is 16.6. The standard InChI is InChI=1S/C18H21N3O2/c1-13(14-8-4-3-5-9-14)20-18(23)21-16-11-7-6-10-15(16)12-17(22)19-2/h3-11,13H,12H2,1-2H3,(H,19,22)(H2,20,21,23). The van der Waals surface area contributed by atoms with Crippen LogP contribution in [0.1, 0.15) is 24.1 Å². The Bertz CT molecular complexity index is 671. The molecule has 0 aliphatic rings. The van der Waals surface area contributed by atoms with Crippen molar-refractivity contribution in [3.63, 3.8) is 0 Å². The van der Waals surface area contributed by atoms with Crippen LogP contribution in [0.3, 0.4) is 0 Å². The van der Waals surface area contributed by atoms with Gasteiger partial charge in [-0.2, -0.15) is 0 Å². The van der Waals surface area contributed by atoms with E-state index in [-0.39, 0.29) is 24.4 Å². The smallest absolute Gasteiger partial charge is 0.319 e. The van der Waals surface area contributed by atoms with Gasteiger partial charge in [-0.25, -0.2) is 4.79 Å². The molecule has 1 unspecified atom stereocenters. The molecule has 23 heavy (non-hydrogen) atoms. The molecule has 3 amide bonds. The quantitative estimate of drug-likeness (QED) is 0.794. The van der Waals surface area contributed by atoms with Gasteiger partial charge in [0.15, 0.2) is 0 Å². The van der Waals surface area contributed by atoms with Crippen LogP contribution in [0.4, 0.5) is 10.5 Å². The topological polar surface area (TPSA) is 70.2 Å². The van der Waals surface area contributed by atoms with E-state index in [1.54, 1.807) is 13.1 Å². The van der Waals surface area contributed by atoms with Crippen molar-refractivity contribution < 1.29 is 9.59 Å². The molecular weight excluding hydrogens is 290 g/mol. The van der Waals surface area contributed by atoms with E-state index in [9.17, 15) is 9.59 Å². The molecule has 120 valence electrons. The number of carbonyl (C=O) groups excluding carboxylic acids is 2. The van der Waals surface area contributed by atoms with Crippen LogP contribution in [0, 0.1) is 0 Å². The zero-order valence-corrected chi connectivity index (χ0v) is 13.3. The molecule has 0 fully saturated rings. The zero-order valence-electron chi connectivity index (χ0n) is 13.3. The highest BCUT2D eigenvalue weighted by molar-refractivity contribution is 5.91. The average Bonchev–Trinajstić information content (AvgIpc) is 2.57. The number of urea groups is 1. The molecule has 0 aliphatic heterocycles. The number of anilines is 1. The van der Waals surface area contributed by atoms with Gasteiger partial charge >= 0.3 is 6.03 Å². The van der Waals surface area contributed by atoms with E-state index in [4.69, 9.17) is 0 Å². The second-order valence-corrected chi connectivity index (χ2v) is 5.24. The SMILES string of the molecule is CNC(=O)Cc1ccccc1NC(=O)NC(C)c1ccccc1. The van der Waals surface area contributed by atoms with Crippen LogP contribution in [0.15, 0.2) is 54.6 Å². The summed E-state index contributed by atoms with van der Waals surface area (Å²) in [6.07, 6.45) is 0.223. The average molecular weight is 311 g/mol. The summed E-state index contributed by atoms with van der Waals surface area (Å²) in [7, 11) is 1.59. The summed E-state index contributed by atoms with van der Waals surface area (Å²) in [6.45, 7) is 1.92. The van der Waals surface area contributed by atoms with Gasteiger partial charge in [0.2, 0.25) is 5.91 Å². The molecule has 0 bridgehead atoms. The van der Waals surface area contributed by atoms with Crippen molar-refractivity contribution in [3.05, 3.63) is 65.7 Å². The van der Waals surface area contributed by atoms with Gasteiger partial charge < -0.3 is 16.0 Å². The number of hydrogen-bond donors (Lipinski definition) is 3. The molecule has 0 aromatic heterocycles. The second-order valence-electron chi connectivity index (χ2n) is 5.24. The number of nitrogens with one attached hydrogen (secondary N) is 3. The second kappa shape index (κ2) is 7.98. The largest absolute Gasteiger partial charge is 0.359 e. The highest BCUT2D eigenvalue weighted by atomic mass is 16.2. The first kappa shape index (κ1) is 16.5. The minimum Gasteiger partial charge on any atom is -0.359 e. The molecule has 1 atom stereocenters. The predicted molar refractivity (Wildman–Crippen MR) is 91.2 cm³/mol. The summed E-state index contributed by atoms with van der Waals surface area (Å²) < 4.78 is 0. The molecule has 0 radical (unpaired) electrons. The van der Waals surface area contributed by atoms with Gasteiger partial charge in [0, 0.05) is 12.7 Å². The van der Waals surface area contributed by atoms with Crippen LogP contribution >= 0.6 is 0 Å². The fourth-order valence-corrected chi connectivity index (χ4v) is 2.24. The Balaban J connectivity index is 2.01. The van der Waals surface area contributed by atoms with Gasteiger partial charge in [0.05, 0.1) is 12.5 Å². The normalized spacial score (nSPS) is 11.4. The van der Waals surface area contributed by atoms with Gasteiger partial charge in [-0.3, -0.25) is 4.79 Å². The van der Waals surface area contributed by atoms with Crippen molar-refractivity contribution in [2.75, 3.05) is 12.4 Å². The lowest BCUT2D eigenvalue weighted by Gasteiger charge is -2.16. The molecule has 2 rings (SSSR count). The number of amides is 3. The lowest BCUT2D eigenvalue weighted by Crippen LogP contribution is -2.31. The Hall–Kier alpha value is -2.82. The molecular formula is C18H21N3O2. The Labute approximate surface area is 136 Å². The molecule has 2 aromatic rings. The van der Waals surface area contributed by atoms with Crippen LogP contribution in [-0.4, -0.2) is 19.0 Å². The van der Waals surface area contributed by atoms with Crippen LogP contribution < -0.4 is 16.0 Å². The molecule has 5 nitrogen and oxygen atoms in total. The summed E-state index contributed by atoms with van der Waals surface area (Å²) in [4.78, 5) is 23.7. The fourth-order valence-electron chi connectivity index (χ4n) is 2.24. The van der Waals surface area contributed by atoms with Crippen molar-refractivity contribution in [1.82, 2.24) is 10.6 Å². The predicted octanol–water partition coefficient (Wildman–Crippen LogP) is 2.86. The van der Waals surface area contributed by atoms with Gasteiger partial charge in [0.1, 0.15) is 0 Å². The van der Waals surface area contributed by atoms with Crippen LogP contribution in [0.5, 0.6) is 0 Å². The van der Waals surface area contributed by atoms with E-state index in [0.29, 0.717) is 5.69 Å². The Morgan fingerprint density at radius 1 is 1.00 bits per heavy atom.